The summed E-state index contributed by atoms with van der Waals surface area (Å²) in [6, 6.07) is 4.97. The Balaban J connectivity index is 2.12. The van der Waals surface area contributed by atoms with Crippen LogP contribution in [-0.2, 0) is 4.74 Å². The predicted octanol–water partition coefficient (Wildman–Crippen LogP) is 1.80. The van der Waals surface area contributed by atoms with Crippen molar-refractivity contribution in [2.75, 3.05) is 33.9 Å². The van der Waals surface area contributed by atoms with Crippen molar-refractivity contribution >= 4 is 17.5 Å². The van der Waals surface area contributed by atoms with Gasteiger partial charge in [-0.25, -0.2) is 0 Å². The largest absolute Gasteiger partial charge is 0.496 e. The van der Waals surface area contributed by atoms with E-state index in [2.05, 4.69) is 10.2 Å². The number of amides is 1. The fourth-order valence-electron chi connectivity index (χ4n) is 2.59. The fourth-order valence-corrected chi connectivity index (χ4v) is 2.76. The van der Waals surface area contributed by atoms with Crippen LogP contribution in [0.3, 0.4) is 0 Å². The number of nitrogens with one attached hydrogen (secondary N) is 1. The Morgan fingerprint density at radius 3 is 2.90 bits per heavy atom. The smallest absolute Gasteiger partial charge is 0.255 e. The molecule has 116 valence electrons. The molecule has 2 rings (SSSR count). The summed E-state index contributed by atoms with van der Waals surface area (Å²) in [5, 5.41) is 3.52. The topological polar surface area (TPSA) is 50.8 Å². The Labute approximate surface area is 130 Å². The Kier molecular flexibility index (Phi) is 5.45. The highest BCUT2D eigenvalue weighted by Crippen LogP contribution is 2.23. The maximum atomic E-state index is 12.5. The number of carbonyl (C=O) groups is 1. The van der Waals surface area contributed by atoms with Crippen molar-refractivity contribution in [1.82, 2.24) is 10.2 Å². The first-order chi connectivity index (χ1) is 10.0. The van der Waals surface area contributed by atoms with Crippen molar-refractivity contribution in [2.45, 2.75) is 19.1 Å². The Hall–Kier alpha value is -1.30. The van der Waals surface area contributed by atoms with E-state index in [0.29, 0.717) is 22.9 Å². The number of nitrogens with zero attached hydrogens (tertiary/aromatic N) is 1. The molecule has 1 aromatic rings. The van der Waals surface area contributed by atoms with Gasteiger partial charge >= 0.3 is 0 Å². The minimum atomic E-state index is -0.195. The average molecular weight is 313 g/mol. The first-order valence-electron chi connectivity index (χ1n) is 6.99. The monoisotopic (exact) mass is 312 g/mol. The summed E-state index contributed by atoms with van der Waals surface area (Å²) >= 11 is 5.97. The highest BCUT2D eigenvalue weighted by Gasteiger charge is 2.33. The standard InChI is InChI=1S/C15H21ClN2O3/c1-4-21-14-9-18(2)8-12(14)17-15(19)11-7-10(16)5-6-13(11)20-3/h5-7,12,14H,4,8-9H2,1-3H3,(H,17,19)/t12-,14-/m1/s1. The first kappa shape index (κ1) is 16.1. The van der Waals surface area contributed by atoms with Gasteiger partial charge in [-0.2, -0.15) is 0 Å². The second kappa shape index (κ2) is 7.11. The molecule has 6 heteroatoms. The lowest BCUT2D eigenvalue weighted by atomic mass is 10.1. The highest BCUT2D eigenvalue weighted by molar-refractivity contribution is 6.31. The summed E-state index contributed by atoms with van der Waals surface area (Å²) in [6.07, 6.45) is 0.00845. The predicted molar refractivity (Wildman–Crippen MR) is 82.2 cm³/mol. The second-order valence-electron chi connectivity index (χ2n) is 5.14. The molecule has 0 radical (unpaired) electrons. The van der Waals surface area contributed by atoms with Gasteiger partial charge < -0.3 is 19.7 Å². The van der Waals surface area contributed by atoms with Crippen LogP contribution in [0.5, 0.6) is 5.75 Å². The molecule has 0 unspecified atom stereocenters. The number of ether oxygens (including phenoxy) is 2. The molecule has 0 bridgehead atoms. The van der Waals surface area contributed by atoms with Crippen LogP contribution in [0.4, 0.5) is 0 Å². The molecule has 1 amide bonds. The summed E-state index contributed by atoms with van der Waals surface area (Å²) in [4.78, 5) is 14.6. The van der Waals surface area contributed by atoms with Gasteiger partial charge in [-0.15, -0.1) is 0 Å². The molecule has 1 aromatic carbocycles. The van der Waals surface area contributed by atoms with E-state index in [9.17, 15) is 4.79 Å². The van der Waals surface area contributed by atoms with E-state index < -0.39 is 0 Å². The Bertz CT molecular complexity index is 510. The second-order valence-corrected chi connectivity index (χ2v) is 5.58. The van der Waals surface area contributed by atoms with Gasteiger partial charge in [-0.1, -0.05) is 11.6 Å². The molecular formula is C15H21ClN2O3. The first-order valence-corrected chi connectivity index (χ1v) is 7.37. The molecule has 1 heterocycles. The van der Waals surface area contributed by atoms with Gasteiger partial charge in [-0.05, 0) is 32.2 Å². The van der Waals surface area contributed by atoms with E-state index in [1.165, 1.54) is 7.11 Å². The van der Waals surface area contributed by atoms with Crippen LogP contribution in [-0.4, -0.2) is 56.8 Å². The van der Waals surface area contributed by atoms with Crippen molar-refractivity contribution in [3.05, 3.63) is 28.8 Å². The van der Waals surface area contributed by atoms with Crippen LogP contribution in [0.1, 0.15) is 17.3 Å². The van der Waals surface area contributed by atoms with E-state index in [1.54, 1.807) is 18.2 Å². The SMILES string of the molecule is CCO[C@@H]1CN(C)C[C@H]1NC(=O)c1cc(Cl)ccc1OC. The number of carbonyl (C=O) groups excluding carboxylic acids is 1. The van der Waals surface area contributed by atoms with Gasteiger partial charge in [-0.3, -0.25) is 4.79 Å². The molecule has 0 aliphatic carbocycles. The molecule has 2 atom stereocenters. The molecule has 21 heavy (non-hydrogen) atoms. The van der Waals surface area contributed by atoms with Gasteiger partial charge in [0.25, 0.3) is 5.91 Å². The maximum Gasteiger partial charge on any atom is 0.255 e. The zero-order valence-electron chi connectivity index (χ0n) is 12.6. The van der Waals surface area contributed by atoms with E-state index in [4.69, 9.17) is 21.1 Å². The number of halogens is 1. The Morgan fingerprint density at radius 2 is 2.24 bits per heavy atom. The number of likely N-dealkylation sites (N-methyl/N-ethyl adjacent to an activating group) is 1. The van der Waals surface area contributed by atoms with E-state index >= 15 is 0 Å². The lowest BCUT2D eigenvalue weighted by molar-refractivity contribution is 0.0512. The molecule has 1 aliphatic heterocycles. The highest BCUT2D eigenvalue weighted by atomic mass is 35.5. The van der Waals surface area contributed by atoms with E-state index in [0.717, 1.165) is 13.1 Å². The van der Waals surface area contributed by atoms with Crippen molar-refractivity contribution in [2.24, 2.45) is 0 Å². The normalized spacial score (nSPS) is 22.3. The van der Waals surface area contributed by atoms with Crippen LogP contribution in [0.2, 0.25) is 5.02 Å². The minimum Gasteiger partial charge on any atom is -0.496 e. The molecular weight excluding hydrogens is 292 g/mol. The van der Waals surface area contributed by atoms with Gasteiger partial charge in [0.2, 0.25) is 0 Å². The van der Waals surface area contributed by atoms with Crippen LogP contribution >= 0.6 is 11.6 Å². The third-order valence-electron chi connectivity index (χ3n) is 3.55. The summed E-state index contributed by atoms with van der Waals surface area (Å²) in [5.74, 6) is 0.315. The third-order valence-corrected chi connectivity index (χ3v) is 3.79. The average Bonchev–Trinajstić information content (AvgIpc) is 2.79. The van der Waals surface area contributed by atoms with Crippen LogP contribution in [0.25, 0.3) is 0 Å². The molecule has 1 fully saturated rings. The van der Waals surface area contributed by atoms with Crippen LogP contribution < -0.4 is 10.1 Å². The molecule has 0 spiro atoms. The van der Waals surface area contributed by atoms with Gasteiger partial charge in [0, 0.05) is 24.7 Å². The molecule has 0 saturated carbocycles. The number of benzene rings is 1. The third kappa shape index (κ3) is 3.87. The van der Waals surface area contributed by atoms with Crippen molar-refractivity contribution in [3.8, 4) is 5.75 Å². The number of methoxy groups -OCH3 is 1. The maximum absolute atomic E-state index is 12.5. The van der Waals surface area contributed by atoms with Crippen LogP contribution in [0.15, 0.2) is 18.2 Å². The number of hydrogen-bond acceptors (Lipinski definition) is 4. The lowest BCUT2D eigenvalue weighted by Crippen LogP contribution is -2.44. The van der Waals surface area contributed by atoms with Crippen molar-refractivity contribution in [3.63, 3.8) is 0 Å². The van der Waals surface area contributed by atoms with Crippen molar-refractivity contribution in [1.29, 1.82) is 0 Å². The number of hydrogen-bond donors (Lipinski definition) is 1. The quantitative estimate of drug-likeness (QED) is 0.901. The molecule has 5 nitrogen and oxygen atoms in total. The summed E-state index contributed by atoms with van der Waals surface area (Å²) < 4.78 is 10.9. The van der Waals surface area contributed by atoms with Gasteiger partial charge in [0.1, 0.15) is 5.75 Å². The lowest BCUT2D eigenvalue weighted by Gasteiger charge is -2.20. The summed E-state index contributed by atoms with van der Waals surface area (Å²) in [7, 11) is 3.55. The molecule has 1 N–H and O–H groups in total. The Morgan fingerprint density at radius 1 is 1.48 bits per heavy atom. The molecule has 1 aliphatic rings. The number of likely N-dealkylation sites (tertiary alicyclic amines) is 1. The van der Waals surface area contributed by atoms with E-state index in [-0.39, 0.29) is 18.1 Å². The summed E-state index contributed by atoms with van der Waals surface area (Å²) in [5.41, 5.74) is 0.440. The summed E-state index contributed by atoms with van der Waals surface area (Å²) in [6.45, 7) is 4.16. The van der Waals surface area contributed by atoms with E-state index in [1.807, 2.05) is 14.0 Å². The van der Waals surface area contributed by atoms with Gasteiger partial charge in [0.05, 0.1) is 24.8 Å². The van der Waals surface area contributed by atoms with Crippen molar-refractivity contribution < 1.29 is 14.3 Å². The zero-order valence-corrected chi connectivity index (χ0v) is 13.3. The minimum absolute atomic E-state index is 0.00845. The zero-order chi connectivity index (χ0) is 15.4. The number of rotatable bonds is 5. The molecule has 0 aromatic heterocycles. The molecule has 1 saturated heterocycles. The van der Waals surface area contributed by atoms with Crippen LogP contribution in [0, 0.1) is 0 Å². The van der Waals surface area contributed by atoms with Gasteiger partial charge in [0.15, 0.2) is 0 Å². The fraction of sp³-hybridized carbons (Fsp3) is 0.533.